The summed E-state index contributed by atoms with van der Waals surface area (Å²) in [4.78, 5) is 11.0. The Bertz CT molecular complexity index is 381. The van der Waals surface area contributed by atoms with Gasteiger partial charge in [0.05, 0.1) is 11.4 Å². The van der Waals surface area contributed by atoms with Gasteiger partial charge in [-0.25, -0.2) is 0 Å². The number of rotatable bonds is 24. The molecule has 0 aromatic rings. The largest absolute Gasteiger partial charge is 0.378 e. The second-order valence-electron chi connectivity index (χ2n) is 10.1. The number of ether oxygens (including phenoxy) is 1. The molecule has 0 spiro atoms. The maximum Gasteiger partial charge on any atom is 0.132 e. The van der Waals surface area contributed by atoms with Crippen LogP contribution in [0.2, 0.25) is 0 Å². The van der Waals surface area contributed by atoms with Gasteiger partial charge in [-0.15, -0.1) is 0 Å². The molecular formula is C29H56O2S. The zero-order chi connectivity index (χ0) is 23.0. The topological polar surface area (TPSA) is 26.3 Å². The average Bonchev–Trinajstić information content (AvgIpc) is 2.83. The van der Waals surface area contributed by atoms with Crippen molar-refractivity contribution in [1.82, 2.24) is 0 Å². The molecule has 0 bridgehead atoms. The number of aldehydes is 1. The van der Waals surface area contributed by atoms with Crippen molar-refractivity contribution in [3.05, 3.63) is 0 Å². The lowest BCUT2D eigenvalue weighted by atomic mass is 9.98. The molecule has 1 aliphatic carbocycles. The molecule has 0 aromatic heterocycles. The van der Waals surface area contributed by atoms with Crippen LogP contribution in [-0.4, -0.2) is 30.0 Å². The van der Waals surface area contributed by atoms with Crippen LogP contribution in [-0.2, 0) is 9.53 Å². The van der Waals surface area contributed by atoms with Crippen LogP contribution in [0.1, 0.15) is 155 Å². The highest BCUT2D eigenvalue weighted by atomic mass is 32.2. The molecule has 0 amide bonds. The summed E-state index contributed by atoms with van der Waals surface area (Å²) in [5, 5.41) is 0.250. The minimum atomic E-state index is 0.250. The smallest absolute Gasteiger partial charge is 0.132 e. The quantitative estimate of drug-likeness (QED) is 0.104. The number of carbonyl (C=O) groups excluding carboxylic acids is 1. The number of hydrogen-bond donors (Lipinski definition) is 0. The standard InChI is InChI=1S/C29H56O2S/c1-2-26-32-29(27-30)24-20-15-13-11-9-7-5-3-4-6-8-10-12-14-16-21-25-31-28-22-18-17-19-23-28/h27-29H,2-26H2,1H3. The third-order valence-corrected chi connectivity index (χ3v) is 8.40. The predicted molar refractivity (Wildman–Crippen MR) is 144 cm³/mol. The van der Waals surface area contributed by atoms with Gasteiger partial charge in [0.2, 0.25) is 0 Å². The van der Waals surface area contributed by atoms with E-state index in [1.165, 1.54) is 141 Å². The van der Waals surface area contributed by atoms with Crippen LogP contribution in [0.25, 0.3) is 0 Å². The Morgan fingerprint density at radius 2 is 1.19 bits per heavy atom. The molecule has 0 aromatic carbocycles. The Balaban J connectivity index is 1.68. The maximum absolute atomic E-state index is 11.0. The minimum Gasteiger partial charge on any atom is -0.378 e. The molecule has 0 aliphatic heterocycles. The van der Waals surface area contributed by atoms with Crippen LogP contribution in [0.5, 0.6) is 0 Å². The first kappa shape index (κ1) is 30.0. The average molecular weight is 469 g/mol. The molecule has 0 heterocycles. The zero-order valence-electron chi connectivity index (χ0n) is 21.6. The highest BCUT2D eigenvalue weighted by Gasteiger charge is 2.12. The molecule has 0 N–H and O–H groups in total. The van der Waals surface area contributed by atoms with E-state index in [0.717, 1.165) is 25.1 Å². The van der Waals surface area contributed by atoms with Crippen molar-refractivity contribution in [2.75, 3.05) is 12.4 Å². The van der Waals surface area contributed by atoms with Gasteiger partial charge in [0.15, 0.2) is 0 Å². The van der Waals surface area contributed by atoms with E-state index in [4.69, 9.17) is 4.74 Å². The molecule has 32 heavy (non-hydrogen) atoms. The van der Waals surface area contributed by atoms with Gasteiger partial charge in [-0.3, -0.25) is 0 Å². The molecule has 0 radical (unpaired) electrons. The first-order chi connectivity index (χ1) is 15.9. The second-order valence-corrected chi connectivity index (χ2v) is 11.5. The van der Waals surface area contributed by atoms with Gasteiger partial charge in [-0.05, 0) is 37.9 Å². The Hall–Kier alpha value is -0.0200. The molecule has 1 aliphatic rings. The molecule has 1 rings (SSSR count). The lowest BCUT2D eigenvalue weighted by Gasteiger charge is -2.21. The molecular weight excluding hydrogens is 412 g/mol. The van der Waals surface area contributed by atoms with Crippen molar-refractivity contribution < 1.29 is 9.53 Å². The van der Waals surface area contributed by atoms with Crippen LogP contribution >= 0.6 is 11.8 Å². The molecule has 3 heteroatoms. The zero-order valence-corrected chi connectivity index (χ0v) is 22.5. The van der Waals surface area contributed by atoms with Crippen molar-refractivity contribution in [3.8, 4) is 0 Å². The second kappa shape index (κ2) is 24.1. The Morgan fingerprint density at radius 3 is 1.66 bits per heavy atom. The van der Waals surface area contributed by atoms with Crippen molar-refractivity contribution >= 4 is 18.0 Å². The monoisotopic (exact) mass is 468 g/mol. The van der Waals surface area contributed by atoms with Crippen LogP contribution in [0, 0.1) is 0 Å². The van der Waals surface area contributed by atoms with Crippen LogP contribution in [0.4, 0.5) is 0 Å². The van der Waals surface area contributed by atoms with Gasteiger partial charge in [-0.1, -0.05) is 122 Å². The number of unbranched alkanes of at least 4 members (excludes halogenated alkanes) is 15. The highest BCUT2D eigenvalue weighted by Crippen LogP contribution is 2.21. The summed E-state index contributed by atoms with van der Waals surface area (Å²) in [7, 11) is 0. The van der Waals surface area contributed by atoms with Gasteiger partial charge in [-0.2, -0.15) is 11.8 Å². The Morgan fingerprint density at radius 1 is 0.719 bits per heavy atom. The van der Waals surface area contributed by atoms with Gasteiger partial charge in [0.25, 0.3) is 0 Å². The van der Waals surface area contributed by atoms with Crippen molar-refractivity contribution in [1.29, 1.82) is 0 Å². The van der Waals surface area contributed by atoms with E-state index in [1.807, 2.05) is 11.8 Å². The van der Waals surface area contributed by atoms with E-state index in [9.17, 15) is 4.79 Å². The van der Waals surface area contributed by atoms with Gasteiger partial charge >= 0.3 is 0 Å². The number of hydrogen-bond acceptors (Lipinski definition) is 3. The SMILES string of the molecule is CCCSC(C=O)CCCCCCCCCCCCCCCCCCOC1CCCCC1. The third-order valence-electron chi connectivity index (χ3n) is 6.98. The first-order valence-corrected chi connectivity index (χ1v) is 15.6. The number of carbonyl (C=O) groups is 1. The Labute approximate surface area is 205 Å². The van der Waals surface area contributed by atoms with E-state index in [1.54, 1.807) is 0 Å². The van der Waals surface area contributed by atoms with Crippen LogP contribution < -0.4 is 0 Å². The fourth-order valence-electron chi connectivity index (χ4n) is 4.86. The van der Waals surface area contributed by atoms with Crippen LogP contribution in [0.15, 0.2) is 0 Å². The lowest BCUT2D eigenvalue weighted by molar-refractivity contribution is -0.107. The molecule has 190 valence electrons. The van der Waals surface area contributed by atoms with E-state index in [-0.39, 0.29) is 5.25 Å². The summed E-state index contributed by atoms with van der Waals surface area (Å²) in [6.45, 7) is 3.19. The normalized spacial score (nSPS) is 15.8. The summed E-state index contributed by atoms with van der Waals surface area (Å²) in [5.74, 6) is 1.12. The van der Waals surface area contributed by atoms with Crippen molar-refractivity contribution in [2.45, 2.75) is 166 Å². The minimum absolute atomic E-state index is 0.250. The lowest BCUT2D eigenvalue weighted by Crippen LogP contribution is -2.17. The predicted octanol–water partition coefficient (Wildman–Crippen LogP) is 9.68. The van der Waals surface area contributed by atoms with E-state index >= 15 is 0 Å². The van der Waals surface area contributed by atoms with Gasteiger partial charge < -0.3 is 9.53 Å². The molecule has 1 fully saturated rings. The van der Waals surface area contributed by atoms with E-state index in [2.05, 4.69) is 6.92 Å². The van der Waals surface area contributed by atoms with E-state index in [0.29, 0.717) is 6.10 Å². The molecule has 1 saturated carbocycles. The molecule has 1 unspecified atom stereocenters. The van der Waals surface area contributed by atoms with Crippen molar-refractivity contribution in [3.63, 3.8) is 0 Å². The maximum atomic E-state index is 11.0. The third kappa shape index (κ3) is 19.4. The molecule has 2 nitrogen and oxygen atoms in total. The van der Waals surface area contributed by atoms with E-state index < -0.39 is 0 Å². The summed E-state index contributed by atoms with van der Waals surface area (Å²) in [6, 6.07) is 0. The number of thioether (sulfide) groups is 1. The Kier molecular flexibility index (Phi) is 22.6. The molecule has 1 atom stereocenters. The highest BCUT2D eigenvalue weighted by molar-refractivity contribution is 8.00. The summed E-state index contributed by atoms with van der Waals surface area (Å²) < 4.78 is 6.02. The first-order valence-electron chi connectivity index (χ1n) is 14.5. The van der Waals surface area contributed by atoms with Crippen LogP contribution in [0.3, 0.4) is 0 Å². The van der Waals surface area contributed by atoms with Gasteiger partial charge in [0, 0.05) is 6.61 Å². The van der Waals surface area contributed by atoms with Crippen molar-refractivity contribution in [2.24, 2.45) is 0 Å². The summed E-state index contributed by atoms with van der Waals surface area (Å²) in [5.41, 5.74) is 0. The fourth-order valence-corrected chi connectivity index (χ4v) is 5.81. The van der Waals surface area contributed by atoms with Gasteiger partial charge in [0.1, 0.15) is 6.29 Å². The summed E-state index contributed by atoms with van der Waals surface area (Å²) >= 11 is 1.84. The summed E-state index contributed by atoms with van der Waals surface area (Å²) in [6.07, 6.45) is 33.0. The molecule has 0 saturated heterocycles. The fraction of sp³-hybridized carbons (Fsp3) is 0.966.